The van der Waals surface area contributed by atoms with Crippen molar-refractivity contribution in [3.8, 4) is 0 Å². The van der Waals surface area contributed by atoms with Crippen LogP contribution in [0.25, 0.3) is 0 Å². The van der Waals surface area contributed by atoms with Gasteiger partial charge in [-0.25, -0.2) is 4.39 Å². The van der Waals surface area contributed by atoms with Crippen LogP contribution in [0.3, 0.4) is 0 Å². The number of hydrogen-bond acceptors (Lipinski definition) is 2. The largest absolute Gasteiger partial charge is 0.370 e. The van der Waals surface area contributed by atoms with E-state index < -0.39 is 6.67 Å². The van der Waals surface area contributed by atoms with Gasteiger partial charge in [-0.3, -0.25) is 4.99 Å². The number of guanidine groups is 1. The monoisotopic (exact) mass is 412 g/mol. The van der Waals surface area contributed by atoms with Crippen molar-refractivity contribution in [3.63, 3.8) is 0 Å². The molecule has 2 rings (SSSR count). The van der Waals surface area contributed by atoms with Crippen molar-refractivity contribution in [1.29, 1.82) is 0 Å². The Hall–Kier alpha value is -0.760. The van der Waals surface area contributed by atoms with Crippen LogP contribution >= 0.6 is 35.6 Å². The lowest BCUT2D eigenvalue weighted by Crippen LogP contribution is -2.51. The number of alkyl halides is 1. The topological polar surface area (TPSA) is 44.9 Å². The molecular formula is C13H19ClFIN4. The van der Waals surface area contributed by atoms with Crippen molar-refractivity contribution < 1.29 is 4.39 Å². The number of rotatable bonds is 3. The van der Waals surface area contributed by atoms with E-state index >= 15 is 0 Å². The van der Waals surface area contributed by atoms with Gasteiger partial charge in [0.15, 0.2) is 5.96 Å². The Balaban J connectivity index is 0.00000200. The molecule has 1 aromatic carbocycles. The van der Waals surface area contributed by atoms with E-state index in [2.05, 4.69) is 9.89 Å². The van der Waals surface area contributed by atoms with Crippen molar-refractivity contribution in [2.45, 2.75) is 0 Å². The van der Waals surface area contributed by atoms with Crippen LogP contribution in [0, 0.1) is 0 Å². The summed E-state index contributed by atoms with van der Waals surface area (Å²) in [4.78, 5) is 8.25. The molecule has 0 aromatic heterocycles. The molecule has 112 valence electrons. The van der Waals surface area contributed by atoms with E-state index in [-0.39, 0.29) is 30.5 Å². The summed E-state index contributed by atoms with van der Waals surface area (Å²) < 4.78 is 12.0. The highest BCUT2D eigenvalue weighted by Gasteiger charge is 2.18. The first-order valence-corrected chi connectivity index (χ1v) is 6.70. The van der Waals surface area contributed by atoms with E-state index in [4.69, 9.17) is 17.3 Å². The van der Waals surface area contributed by atoms with Crippen molar-refractivity contribution >= 4 is 47.2 Å². The number of halogens is 3. The number of anilines is 1. The molecule has 0 unspecified atom stereocenters. The molecule has 0 spiro atoms. The highest BCUT2D eigenvalue weighted by Crippen LogP contribution is 2.19. The third-order valence-electron chi connectivity index (χ3n) is 3.15. The van der Waals surface area contributed by atoms with Crippen molar-refractivity contribution in [2.24, 2.45) is 10.7 Å². The van der Waals surface area contributed by atoms with Gasteiger partial charge in [0.05, 0.1) is 6.54 Å². The zero-order valence-corrected chi connectivity index (χ0v) is 14.2. The van der Waals surface area contributed by atoms with Gasteiger partial charge in [0.2, 0.25) is 0 Å². The fraction of sp³-hybridized carbons (Fsp3) is 0.462. The molecular weight excluding hydrogens is 394 g/mol. The lowest BCUT2D eigenvalue weighted by atomic mass is 10.2. The molecule has 20 heavy (non-hydrogen) atoms. The third kappa shape index (κ3) is 4.66. The van der Waals surface area contributed by atoms with E-state index in [0.717, 1.165) is 36.9 Å². The number of aliphatic imine (C=N–C) groups is 1. The summed E-state index contributed by atoms with van der Waals surface area (Å²) in [7, 11) is 0. The van der Waals surface area contributed by atoms with E-state index in [1.54, 1.807) is 0 Å². The molecule has 7 heteroatoms. The zero-order valence-electron chi connectivity index (χ0n) is 11.1. The molecule has 0 radical (unpaired) electrons. The fourth-order valence-electron chi connectivity index (χ4n) is 2.10. The number of benzene rings is 1. The highest BCUT2D eigenvalue weighted by molar-refractivity contribution is 14.0. The molecule has 1 heterocycles. The van der Waals surface area contributed by atoms with Gasteiger partial charge >= 0.3 is 0 Å². The summed E-state index contributed by atoms with van der Waals surface area (Å²) in [6.45, 7) is 3.00. The van der Waals surface area contributed by atoms with Gasteiger partial charge in [0.25, 0.3) is 0 Å². The van der Waals surface area contributed by atoms with Crippen molar-refractivity contribution in [2.75, 3.05) is 44.3 Å². The van der Waals surface area contributed by atoms with Crippen LogP contribution in [0.5, 0.6) is 0 Å². The number of piperazine rings is 1. The number of nitrogens with zero attached hydrogens (tertiary/aromatic N) is 3. The van der Waals surface area contributed by atoms with Gasteiger partial charge in [0.1, 0.15) is 6.67 Å². The van der Waals surface area contributed by atoms with Gasteiger partial charge in [-0.05, 0) is 24.3 Å². The van der Waals surface area contributed by atoms with Gasteiger partial charge in [-0.2, -0.15) is 0 Å². The maximum Gasteiger partial charge on any atom is 0.191 e. The van der Waals surface area contributed by atoms with E-state index in [1.165, 1.54) is 0 Å². The third-order valence-corrected chi connectivity index (χ3v) is 3.41. The Morgan fingerprint density at radius 2 is 1.80 bits per heavy atom. The minimum absolute atomic E-state index is 0. The molecule has 1 fully saturated rings. The first-order chi connectivity index (χ1) is 9.20. The molecule has 0 bridgehead atoms. The van der Waals surface area contributed by atoms with Crippen molar-refractivity contribution in [1.82, 2.24) is 4.90 Å². The first-order valence-electron chi connectivity index (χ1n) is 6.32. The Bertz CT molecular complexity index is 433. The van der Waals surface area contributed by atoms with E-state index in [1.807, 2.05) is 29.2 Å². The molecule has 2 N–H and O–H groups in total. The predicted octanol–water partition coefficient (Wildman–Crippen LogP) is 2.36. The molecule has 0 saturated carbocycles. The minimum Gasteiger partial charge on any atom is -0.370 e. The Labute approximate surface area is 140 Å². The number of nitrogens with two attached hydrogens (primary N) is 1. The fourth-order valence-corrected chi connectivity index (χ4v) is 2.23. The van der Waals surface area contributed by atoms with E-state index in [0.29, 0.717) is 5.96 Å². The summed E-state index contributed by atoms with van der Waals surface area (Å²) in [6.07, 6.45) is 0. The minimum atomic E-state index is -0.467. The summed E-state index contributed by atoms with van der Waals surface area (Å²) in [5, 5.41) is 0.741. The van der Waals surface area contributed by atoms with Crippen LogP contribution < -0.4 is 10.6 Å². The normalized spacial score (nSPS) is 16.0. The van der Waals surface area contributed by atoms with Crippen molar-refractivity contribution in [3.05, 3.63) is 29.3 Å². The first kappa shape index (κ1) is 17.3. The van der Waals surface area contributed by atoms with Gasteiger partial charge in [0, 0.05) is 36.9 Å². The number of hydrogen-bond donors (Lipinski definition) is 1. The highest BCUT2D eigenvalue weighted by atomic mass is 127. The Morgan fingerprint density at radius 3 is 2.35 bits per heavy atom. The van der Waals surface area contributed by atoms with Crippen LogP contribution in [0.15, 0.2) is 29.3 Å². The van der Waals surface area contributed by atoms with Gasteiger partial charge in [-0.1, -0.05) is 11.6 Å². The maximum atomic E-state index is 12.0. The summed E-state index contributed by atoms with van der Waals surface area (Å²) >= 11 is 5.87. The molecule has 1 aliphatic rings. The summed E-state index contributed by atoms with van der Waals surface area (Å²) in [5.41, 5.74) is 6.97. The summed E-state index contributed by atoms with van der Waals surface area (Å²) in [6, 6.07) is 7.80. The second-order valence-corrected chi connectivity index (χ2v) is 4.82. The molecule has 0 atom stereocenters. The lowest BCUT2D eigenvalue weighted by molar-refractivity contribution is 0.379. The quantitative estimate of drug-likeness (QED) is 0.471. The Kier molecular flexibility index (Phi) is 7.36. The van der Waals surface area contributed by atoms with Gasteiger partial charge < -0.3 is 15.5 Å². The molecule has 4 nitrogen and oxygen atoms in total. The molecule has 1 aliphatic heterocycles. The average Bonchev–Trinajstić information content (AvgIpc) is 2.46. The average molecular weight is 413 g/mol. The zero-order chi connectivity index (χ0) is 13.7. The maximum absolute atomic E-state index is 12.0. The summed E-state index contributed by atoms with van der Waals surface area (Å²) in [5.74, 6) is 0.438. The second-order valence-electron chi connectivity index (χ2n) is 4.38. The van der Waals surface area contributed by atoms with Crippen LogP contribution in [-0.4, -0.2) is 50.3 Å². The molecule has 0 amide bonds. The lowest BCUT2D eigenvalue weighted by Gasteiger charge is -2.36. The SMILES string of the molecule is I.NC(=NCCF)N1CCN(c2ccc(Cl)cc2)CC1. The standard InChI is InChI=1S/C13H18ClFN4.HI/c14-11-1-3-12(4-2-11)18-7-9-19(10-8-18)13(16)17-6-5-15;/h1-4H,5-10H2,(H2,16,17);1H. The smallest absolute Gasteiger partial charge is 0.191 e. The molecule has 0 aliphatic carbocycles. The van der Waals surface area contributed by atoms with E-state index in [9.17, 15) is 4.39 Å². The van der Waals surface area contributed by atoms with Crippen LogP contribution in [0.2, 0.25) is 5.02 Å². The van der Waals surface area contributed by atoms with Crippen LogP contribution in [0.1, 0.15) is 0 Å². The van der Waals surface area contributed by atoms with Crippen LogP contribution in [-0.2, 0) is 0 Å². The Morgan fingerprint density at radius 1 is 1.20 bits per heavy atom. The van der Waals surface area contributed by atoms with Crippen LogP contribution in [0.4, 0.5) is 10.1 Å². The molecule has 1 saturated heterocycles. The second kappa shape index (κ2) is 8.51. The molecule has 1 aromatic rings. The van der Waals surface area contributed by atoms with Gasteiger partial charge in [-0.15, -0.1) is 24.0 Å². The predicted molar refractivity (Wildman–Crippen MR) is 93.1 cm³/mol.